The summed E-state index contributed by atoms with van der Waals surface area (Å²) in [6.07, 6.45) is 1.06. The van der Waals surface area contributed by atoms with E-state index in [0.717, 1.165) is 30.6 Å². The Morgan fingerprint density at radius 3 is 2.83 bits per heavy atom. The number of carbonyl (C=O) groups is 1. The normalized spacial score (nSPS) is 24.1. The van der Waals surface area contributed by atoms with E-state index in [1.54, 1.807) is 0 Å². The zero-order valence-corrected chi connectivity index (χ0v) is 11.2. The molecule has 1 aliphatic rings. The third-order valence-electron chi connectivity index (χ3n) is 4.08. The Balaban J connectivity index is 2.13. The first-order chi connectivity index (χ1) is 8.63. The summed E-state index contributed by atoms with van der Waals surface area (Å²) in [5, 5.41) is 0. The summed E-state index contributed by atoms with van der Waals surface area (Å²) in [6.45, 7) is 6.53. The molecule has 1 fully saturated rings. The molecule has 1 amide bonds. The number of nitrogens with two attached hydrogens (primary N) is 1. The van der Waals surface area contributed by atoms with Gasteiger partial charge in [-0.05, 0) is 43.4 Å². The molecule has 2 N–H and O–H groups in total. The third-order valence-corrected chi connectivity index (χ3v) is 4.08. The lowest BCUT2D eigenvalue weighted by Crippen LogP contribution is -2.45. The Morgan fingerprint density at radius 2 is 2.17 bits per heavy atom. The summed E-state index contributed by atoms with van der Waals surface area (Å²) in [4.78, 5) is 14.4. The van der Waals surface area contributed by atoms with Crippen LogP contribution in [0.1, 0.15) is 29.3 Å². The van der Waals surface area contributed by atoms with Gasteiger partial charge in [-0.3, -0.25) is 4.79 Å². The molecule has 1 heterocycles. The lowest BCUT2D eigenvalue weighted by molar-refractivity contribution is 0.0618. The number of likely N-dealkylation sites (tertiary alicyclic amines) is 1. The van der Waals surface area contributed by atoms with Crippen LogP contribution in [-0.4, -0.2) is 30.4 Å². The first-order valence-corrected chi connectivity index (χ1v) is 6.68. The van der Waals surface area contributed by atoms with E-state index in [-0.39, 0.29) is 5.91 Å². The number of nitrogens with zero attached hydrogens (tertiary/aromatic N) is 1. The fourth-order valence-corrected chi connectivity index (χ4v) is 2.62. The number of benzene rings is 1. The maximum atomic E-state index is 12.5. The van der Waals surface area contributed by atoms with Crippen LogP contribution in [0.5, 0.6) is 0 Å². The van der Waals surface area contributed by atoms with E-state index in [0.29, 0.717) is 18.4 Å². The molecule has 2 rings (SSSR count). The molecule has 0 spiro atoms. The van der Waals surface area contributed by atoms with Gasteiger partial charge in [-0.15, -0.1) is 0 Å². The van der Waals surface area contributed by atoms with Crippen LogP contribution in [0.4, 0.5) is 0 Å². The number of rotatable bonds is 2. The molecule has 3 nitrogen and oxygen atoms in total. The van der Waals surface area contributed by atoms with Crippen LogP contribution < -0.4 is 5.73 Å². The van der Waals surface area contributed by atoms with Crippen LogP contribution in [0.3, 0.4) is 0 Å². The Morgan fingerprint density at radius 1 is 1.44 bits per heavy atom. The number of hydrogen-bond donors (Lipinski definition) is 1. The molecule has 1 aromatic carbocycles. The van der Waals surface area contributed by atoms with Crippen molar-refractivity contribution in [3.05, 3.63) is 35.4 Å². The SMILES string of the molecule is Cc1ccccc1C(=O)N1CCC(C)C(CN)C1. The summed E-state index contributed by atoms with van der Waals surface area (Å²) < 4.78 is 0. The second kappa shape index (κ2) is 5.53. The number of aryl methyl sites for hydroxylation is 1. The van der Waals surface area contributed by atoms with Gasteiger partial charge in [0.25, 0.3) is 5.91 Å². The van der Waals surface area contributed by atoms with Crippen LogP contribution >= 0.6 is 0 Å². The molecule has 0 aliphatic carbocycles. The van der Waals surface area contributed by atoms with Crippen LogP contribution in [0, 0.1) is 18.8 Å². The van der Waals surface area contributed by atoms with Crippen molar-refractivity contribution in [3.63, 3.8) is 0 Å². The van der Waals surface area contributed by atoms with E-state index < -0.39 is 0 Å². The van der Waals surface area contributed by atoms with E-state index in [1.165, 1.54) is 0 Å². The lowest BCUT2D eigenvalue weighted by Gasteiger charge is -2.36. The second-order valence-corrected chi connectivity index (χ2v) is 5.33. The van der Waals surface area contributed by atoms with Crippen molar-refractivity contribution in [3.8, 4) is 0 Å². The second-order valence-electron chi connectivity index (χ2n) is 5.33. The maximum Gasteiger partial charge on any atom is 0.254 e. The van der Waals surface area contributed by atoms with Gasteiger partial charge in [-0.1, -0.05) is 25.1 Å². The third kappa shape index (κ3) is 2.56. The fraction of sp³-hybridized carbons (Fsp3) is 0.533. The fourth-order valence-electron chi connectivity index (χ4n) is 2.62. The van der Waals surface area contributed by atoms with Crippen molar-refractivity contribution >= 4 is 5.91 Å². The highest BCUT2D eigenvalue weighted by molar-refractivity contribution is 5.95. The Hall–Kier alpha value is -1.35. The monoisotopic (exact) mass is 246 g/mol. The zero-order chi connectivity index (χ0) is 13.1. The minimum Gasteiger partial charge on any atom is -0.338 e. The Labute approximate surface area is 109 Å². The molecule has 0 saturated carbocycles. The average Bonchev–Trinajstić information content (AvgIpc) is 2.39. The molecule has 98 valence electrons. The quantitative estimate of drug-likeness (QED) is 0.868. The van der Waals surface area contributed by atoms with Crippen molar-refractivity contribution in [1.29, 1.82) is 0 Å². The zero-order valence-electron chi connectivity index (χ0n) is 11.2. The van der Waals surface area contributed by atoms with Gasteiger partial charge in [-0.25, -0.2) is 0 Å². The minimum atomic E-state index is 0.151. The number of amides is 1. The topological polar surface area (TPSA) is 46.3 Å². The van der Waals surface area contributed by atoms with E-state index >= 15 is 0 Å². The summed E-state index contributed by atoms with van der Waals surface area (Å²) in [7, 11) is 0. The van der Waals surface area contributed by atoms with E-state index in [4.69, 9.17) is 5.73 Å². The largest absolute Gasteiger partial charge is 0.338 e. The molecule has 3 heteroatoms. The van der Waals surface area contributed by atoms with E-state index in [1.807, 2.05) is 36.1 Å². The molecule has 0 radical (unpaired) electrons. The summed E-state index contributed by atoms with van der Waals surface area (Å²) in [5.74, 6) is 1.21. The van der Waals surface area contributed by atoms with Gasteiger partial charge >= 0.3 is 0 Å². The van der Waals surface area contributed by atoms with Gasteiger partial charge in [-0.2, -0.15) is 0 Å². The number of piperidine rings is 1. The van der Waals surface area contributed by atoms with E-state index in [2.05, 4.69) is 6.92 Å². The molecular weight excluding hydrogens is 224 g/mol. The predicted octanol–water partition coefficient (Wildman–Crippen LogP) is 2.05. The van der Waals surface area contributed by atoms with Gasteiger partial charge < -0.3 is 10.6 Å². The summed E-state index contributed by atoms with van der Waals surface area (Å²) >= 11 is 0. The molecular formula is C15H22N2O. The molecule has 2 atom stereocenters. The van der Waals surface area contributed by atoms with Crippen molar-refractivity contribution in [2.24, 2.45) is 17.6 Å². The molecule has 18 heavy (non-hydrogen) atoms. The van der Waals surface area contributed by atoms with Gasteiger partial charge in [0.1, 0.15) is 0 Å². The van der Waals surface area contributed by atoms with Crippen molar-refractivity contribution in [2.75, 3.05) is 19.6 Å². The lowest BCUT2D eigenvalue weighted by atomic mass is 9.87. The molecule has 1 aromatic rings. The molecule has 0 aromatic heterocycles. The standard InChI is InChI=1S/C15H22N2O/c1-11-7-8-17(10-13(11)9-16)15(18)14-6-4-3-5-12(14)2/h3-6,11,13H,7-10,16H2,1-2H3. The Kier molecular flexibility index (Phi) is 4.02. The summed E-state index contributed by atoms with van der Waals surface area (Å²) in [5.41, 5.74) is 7.66. The highest BCUT2D eigenvalue weighted by Crippen LogP contribution is 2.24. The first kappa shape index (κ1) is 13.1. The molecule has 1 saturated heterocycles. The van der Waals surface area contributed by atoms with Crippen LogP contribution in [-0.2, 0) is 0 Å². The van der Waals surface area contributed by atoms with Crippen LogP contribution in [0.2, 0.25) is 0 Å². The summed E-state index contributed by atoms with van der Waals surface area (Å²) in [6, 6.07) is 7.79. The van der Waals surface area contributed by atoms with Crippen molar-refractivity contribution in [2.45, 2.75) is 20.3 Å². The van der Waals surface area contributed by atoms with Gasteiger partial charge in [0.05, 0.1) is 0 Å². The first-order valence-electron chi connectivity index (χ1n) is 6.68. The highest BCUT2D eigenvalue weighted by Gasteiger charge is 2.28. The van der Waals surface area contributed by atoms with Gasteiger partial charge in [0.2, 0.25) is 0 Å². The predicted molar refractivity (Wildman–Crippen MR) is 73.4 cm³/mol. The van der Waals surface area contributed by atoms with Gasteiger partial charge in [0, 0.05) is 18.7 Å². The average molecular weight is 246 g/mol. The van der Waals surface area contributed by atoms with Crippen molar-refractivity contribution in [1.82, 2.24) is 4.90 Å². The number of hydrogen-bond acceptors (Lipinski definition) is 2. The highest BCUT2D eigenvalue weighted by atomic mass is 16.2. The smallest absolute Gasteiger partial charge is 0.254 e. The maximum absolute atomic E-state index is 12.5. The van der Waals surface area contributed by atoms with Crippen LogP contribution in [0.25, 0.3) is 0 Å². The van der Waals surface area contributed by atoms with Gasteiger partial charge in [0.15, 0.2) is 0 Å². The molecule has 2 unspecified atom stereocenters. The minimum absolute atomic E-state index is 0.151. The van der Waals surface area contributed by atoms with Crippen LogP contribution in [0.15, 0.2) is 24.3 Å². The molecule has 1 aliphatic heterocycles. The number of carbonyl (C=O) groups excluding carboxylic acids is 1. The van der Waals surface area contributed by atoms with E-state index in [9.17, 15) is 4.79 Å². The Bertz CT molecular complexity index is 430. The van der Waals surface area contributed by atoms with Crippen molar-refractivity contribution < 1.29 is 4.79 Å². The molecule has 0 bridgehead atoms.